The van der Waals surface area contributed by atoms with Crippen LogP contribution in [0.3, 0.4) is 0 Å². The highest BCUT2D eigenvalue weighted by molar-refractivity contribution is 5.81. The molecule has 1 saturated heterocycles. The number of hydrogen-bond acceptors (Lipinski definition) is 3. The maximum Gasteiger partial charge on any atom is 0.433 e. The Labute approximate surface area is 113 Å². The number of aromatic nitrogens is 1. The van der Waals surface area contributed by atoms with Gasteiger partial charge < -0.3 is 9.64 Å². The van der Waals surface area contributed by atoms with Crippen molar-refractivity contribution in [3.8, 4) is 5.88 Å². The van der Waals surface area contributed by atoms with E-state index in [0.717, 1.165) is 18.9 Å². The van der Waals surface area contributed by atoms with E-state index in [4.69, 9.17) is 4.74 Å². The molecule has 1 saturated carbocycles. The van der Waals surface area contributed by atoms with Crippen molar-refractivity contribution in [1.82, 2.24) is 9.88 Å². The minimum absolute atomic E-state index is 0.0525. The Hall–Kier alpha value is -1.79. The summed E-state index contributed by atoms with van der Waals surface area (Å²) in [5.74, 6) is 0.229. The average molecular weight is 286 g/mol. The maximum absolute atomic E-state index is 12.5. The summed E-state index contributed by atoms with van der Waals surface area (Å²) in [6.07, 6.45) is -2.87. The van der Waals surface area contributed by atoms with E-state index in [-0.39, 0.29) is 23.8 Å². The van der Waals surface area contributed by atoms with Crippen molar-refractivity contribution >= 4 is 5.91 Å². The second kappa shape index (κ2) is 4.64. The Morgan fingerprint density at radius 2 is 2.00 bits per heavy atom. The number of halogens is 3. The number of carbonyl (C=O) groups excluding carboxylic acids is 1. The third-order valence-corrected chi connectivity index (χ3v) is 3.39. The number of carbonyl (C=O) groups is 1. The number of hydrogen-bond donors (Lipinski definition) is 0. The number of amides is 1. The lowest BCUT2D eigenvalue weighted by atomic mass is 10.1. The molecule has 2 fully saturated rings. The number of nitrogens with zero attached hydrogens (tertiary/aromatic N) is 2. The molecule has 0 aromatic carbocycles. The predicted octanol–water partition coefficient (Wildman–Crippen LogP) is 2.10. The zero-order valence-corrected chi connectivity index (χ0v) is 10.6. The Bertz CT molecular complexity index is 523. The van der Waals surface area contributed by atoms with E-state index in [1.165, 1.54) is 12.1 Å². The maximum atomic E-state index is 12.5. The van der Waals surface area contributed by atoms with Gasteiger partial charge in [0.25, 0.3) is 0 Å². The fraction of sp³-hybridized carbons (Fsp3) is 0.538. The summed E-state index contributed by atoms with van der Waals surface area (Å²) in [7, 11) is 0. The fourth-order valence-corrected chi connectivity index (χ4v) is 2.09. The van der Waals surface area contributed by atoms with Gasteiger partial charge in [0.1, 0.15) is 11.8 Å². The lowest BCUT2D eigenvalue weighted by Gasteiger charge is -2.38. The van der Waals surface area contributed by atoms with Gasteiger partial charge in [0, 0.05) is 12.0 Å². The highest BCUT2D eigenvalue weighted by atomic mass is 19.4. The van der Waals surface area contributed by atoms with Crippen LogP contribution in [0.2, 0.25) is 0 Å². The van der Waals surface area contributed by atoms with E-state index in [9.17, 15) is 18.0 Å². The van der Waals surface area contributed by atoms with Gasteiger partial charge in [0.15, 0.2) is 0 Å². The van der Waals surface area contributed by atoms with E-state index in [0.29, 0.717) is 13.1 Å². The molecule has 2 heterocycles. The molecule has 7 heteroatoms. The molecule has 0 atom stereocenters. The van der Waals surface area contributed by atoms with E-state index in [2.05, 4.69) is 4.98 Å². The van der Waals surface area contributed by atoms with Crippen molar-refractivity contribution in [2.75, 3.05) is 13.1 Å². The third-order valence-electron chi connectivity index (χ3n) is 3.39. The van der Waals surface area contributed by atoms with Crippen LogP contribution in [0, 0.1) is 5.92 Å². The fourth-order valence-electron chi connectivity index (χ4n) is 2.09. The third kappa shape index (κ3) is 2.71. The molecule has 0 unspecified atom stereocenters. The van der Waals surface area contributed by atoms with Gasteiger partial charge in [0.2, 0.25) is 11.8 Å². The Balaban J connectivity index is 1.56. The van der Waals surface area contributed by atoms with Gasteiger partial charge in [-0.1, -0.05) is 6.07 Å². The van der Waals surface area contributed by atoms with Crippen LogP contribution in [-0.2, 0) is 11.0 Å². The Morgan fingerprint density at radius 1 is 1.30 bits per heavy atom. The molecule has 0 spiro atoms. The molecule has 108 valence electrons. The molecule has 1 amide bonds. The van der Waals surface area contributed by atoms with E-state index >= 15 is 0 Å². The number of likely N-dealkylation sites (tertiary alicyclic amines) is 1. The second-order valence-corrected chi connectivity index (χ2v) is 5.12. The van der Waals surface area contributed by atoms with Crippen LogP contribution in [0.1, 0.15) is 18.5 Å². The molecule has 0 radical (unpaired) electrons. The zero-order chi connectivity index (χ0) is 14.3. The summed E-state index contributed by atoms with van der Waals surface area (Å²) in [5, 5.41) is 0. The van der Waals surface area contributed by atoms with Gasteiger partial charge in [-0.3, -0.25) is 4.79 Å². The van der Waals surface area contributed by atoms with Gasteiger partial charge in [0.05, 0.1) is 13.1 Å². The Morgan fingerprint density at radius 3 is 2.60 bits per heavy atom. The minimum Gasteiger partial charge on any atom is -0.471 e. The molecule has 4 nitrogen and oxygen atoms in total. The SMILES string of the molecule is O=C(C1CC1)N1CC(Oc2cccc(C(F)(F)F)n2)C1. The number of ether oxygens (including phenoxy) is 1. The monoisotopic (exact) mass is 286 g/mol. The molecular formula is C13H13F3N2O2. The molecule has 3 rings (SSSR count). The van der Waals surface area contributed by atoms with Crippen LogP contribution in [0.15, 0.2) is 18.2 Å². The van der Waals surface area contributed by atoms with Crippen molar-refractivity contribution in [1.29, 1.82) is 0 Å². The molecule has 1 aliphatic heterocycles. The lowest BCUT2D eigenvalue weighted by molar-refractivity contribution is -0.142. The normalized spacial score (nSPS) is 19.6. The predicted molar refractivity (Wildman–Crippen MR) is 63.0 cm³/mol. The number of alkyl halides is 3. The number of pyridine rings is 1. The largest absolute Gasteiger partial charge is 0.471 e. The average Bonchev–Trinajstić information content (AvgIpc) is 3.16. The van der Waals surface area contributed by atoms with Crippen molar-refractivity contribution in [2.24, 2.45) is 5.92 Å². The highest BCUT2D eigenvalue weighted by Crippen LogP contribution is 2.33. The zero-order valence-electron chi connectivity index (χ0n) is 10.6. The molecule has 0 bridgehead atoms. The van der Waals surface area contributed by atoms with E-state index in [1.54, 1.807) is 4.90 Å². The molecular weight excluding hydrogens is 273 g/mol. The summed E-state index contributed by atoms with van der Waals surface area (Å²) in [6, 6.07) is 3.55. The molecule has 2 aliphatic rings. The summed E-state index contributed by atoms with van der Waals surface area (Å²) in [5.41, 5.74) is -0.972. The van der Waals surface area contributed by atoms with Crippen LogP contribution in [0.25, 0.3) is 0 Å². The first-order chi connectivity index (χ1) is 9.43. The second-order valence-electron chi connectivity index (χ2n) is 5.12. The van der Waals surface area contributed by atoms with Crippen LogP contribution >= 0.6 is 0 Å². The van der Waals surface area contributed by atoms with E-state index in [1.807, 2.05) is 0 Å². The van der Waals surface area contributed by atoms with Crippen LogP contribution in [0.4, 0.5) is 13.2 Å². The summed E-state index contributed by atoms with van der Waals surface area (Å²) in [6.45, 7) is 0.848. The molecule has 1 aliphatic carbocycles. The van der Waals surface area contributed by atoms with Crippen molar-refractivity contribution in [3.05, 3.63) is 23.9 Å². The summed E-state index contributed by atoms with van der Waals surface area (Å²) in [4.78, 5) is 16.8. The Kier molecular flexibility index (Phi) is 3.07. The van der Waals surface area contributed by atoms with Crippen molar-refractivity contribution in [3.63, 3.8) is 0 Å². The first kappa shape index (κ1) is 13.2. The van der Waals surface area contributed by atoms with Gasteiger partial charge >= 0.3 is 6.18 Å². The molecule has 1 aromatic rings. The molecule has 0 N–H and O–H groups in total. The van der Waals surface area contributed by atoms with Gasteiger partial charge in [-0.15, -0.1) is 0 Å². The quantitative estimate of drug-likeness (QED) is 0.854. The van der Waals surface area contributed by atoms with Crippen molar-refractivity contribution in [2.45, 2.75) is 25.1 Å². The standard InChI is InChI=1S/C13H13F3N2O2/c14-13(15,16)10-2-1-3-11(17-10)20-9-6-18(7-9)12(19)8-4-5-8/h1-3,8-9H,4-7H2. The first-order valence-corrected chi connectivity index (χ1v) is 6.43. The summed E-state index contributed by atoms with van der Waals surface area (Å²) < 4.78 is 42.8. The van der Waals surface area contributed by atoms with Crippen LogP contribution in [0.5, 0.6) is 5.88 Å². The van der Waals surface area contributed by atoms with E-state index < -0.39 is 11.9 Å². The van der Waals surface area contributed by atoms with Crippen molar-refractivity contribution < 1.29 is 22.7 Å². The highest BCUT2D eigenvalue weighted by Gasteiger charge is 2.40. The smallest absolute Gasteiger partial charge is 0.433 e. The number of rotatable bonds is 3. The van der Waals surface area contributed by atoms with Gasteiger partial charge in [-0.25, -0.2) is 4.98 Å². The minimum atomic E-state index is -4.48. The molecule has 1 aromatic heterocycles. The summed E-state index contributed by atoms with van der Waals surface area (Å²) >= 11 is 0. The lowest BCUT2D eigenvalue weighted by Crippen LogP contribution is -2.56. The first-order valence-electron chi connectivity index (χ1n) is 6.43. The molecule has 20 heavy (non-hydrogen) atoms. The topological polar surface area (TPSA) is 42.4 Å². The van der Waals surface area contributed by atoms with Gasteiger partial charge in [-0.2, -0.15) is 13.2 Å². The van der Waals surface area contributed by atoms with Gasteiger partial charge in [-0.05, 0) is 18.9 Å². The van der Waals surface area contributed by atoms with Crippen LogP contribution < -0.4 is 4.74 Å². The van der Waals surface area contributed by atoms with Crippen LogP contribution in [-0.4, -0.2) is 35.0 Å².